The van der Waals surface area contributed by atoms with Crippen molar-refractivity contribution in [1.82, 2.24) is 0 Å². The summed E-state index contributed by atoms with van der Waals surface area (Å²) in [4.78, 5) is 0. The van der Waals surface area contributed by atoms with Crippen LogP contribution in [0.2, 0.25) is 0 Å². The summed E-state index contributed by atoms with van der Waals surface area (Å²) in [6.07, 6.45) is 0. The highest BCUT2D eigenvalue weighted by molar-refractivity contribution is 9.10. The highest BCUT2D eigenvalue weighted by Gasteiger charge is 2.14. The maximum atomic E-state index is 9.32. The summed E-state index contributed by atoms with van der Waals surface area (Å²) in [5.41, 5.74) is 1.78. The Labute approximate surface area is 423 Å². The molecule has 0 amide bonds. The molecule has 10 heteroatoms. The monoisotopic (exact) mass is 1080 g/mol. The molecule has 0 saturated carbocycles. The molecule has 2 N–H and O–H groups in total. The van der Waals surface area contributed by atoms with Crippen molar-refractivity contribution in [1.29, 1.82) is 0 Å². The second kappa shape index (κ2) is 21.8. The summed E-state index contributed by atoms with van der Waals surface area (Å²) in [7, 11) is 2.59. The van der Waals surface area contributed by atoms with Crippen LogP contribution in [0.4, 0.5) is 0 Å². The molecule has 0 aliphatic heterocycles. The topological polar surface area (TPSA) is 68.2 Å². The van der Waals surface area contributed by atoms with Crippen LogP contribution < -0.4 is 5.46 Å². The van der Waals surface area contributed by atoms with Crippen molar-refractivity contribution in [2.24, 2.45) is 0 Å². The fourth-order valence-corrected chi connectivity index (χ4v) is 9.83. The summed E-state index contributed by atoms with van der Waals surface area (Å²) in [5.74, 6) is 0. The largest absolute Gasteiger partial charge is 0.638 e. The first-order valence-corrected chi connectivity index (χ1v) is 23.5. The smallest absolute Gasteiger partial charge is 0.423 e. The summed E-state index contributed by atoms with van der Waals surface area (Å²) in [6, 6.07) is 68.3. The van der Waals surface area contributed by atoms with Gasteiger partial charge < -0.3 is 24.0 Å². The number of hydrogen-bond donors (Lipinski definition) is 2. The van der Waals surface area contributed by atoms with Gasteiger partial charge in [-0.15, -0.1) is 17.0 Å². The molecule has 0 heterocycles. The van der Waals surface area contributed by atoms with Crippen LogP contribution in [0.5, 0.6) is 0 Å². The van der Waals surface area contributed by atoms with Gasteiger partial charge in [-0.2, -0.15) is 0 Å². The van der Waals surface area contributed by atoms with Crippen LogP contribution in [0.15, 0.2) is 203 Å². The molecule has 0 saturated heterocycles. The lowest BCUT2D eigenvalue weighted by atomic mass is 9.79. The molecule has 0 atom stereocenters. The molecule has 5 nitrogen and oxygen atoms in total. The molecule has 12 rings (SSSR count). The summed E-state index contributed by atoms with van der Waals surface area (Å²) < 4.78 is 16.1. The fourth-order valence-electron chi connectivity index (χ4n) is 9.07. The van der Waals surface area contributed by atoms with E-state index < -0.39 is 14.4 Å². The van der Waals surface area contributed by atoms with E-state index in [-0.39, 0.29) is 17.0 Å². The first kappa shape index (κ1) is 48.8. The molecule has 0 spiro atoms. The van der Waals surface area contributed by atoms with Gasteiger partial charge in [0.1, 0.15) is 0 Å². The maximum Gasteiger partial charge on any atom is 0.638 e. The van der Waals surface area contributed by atoms with E-state index in [0.717, 1.165) is 19.7 Å². The van der Waals surface area contributed by atoms with Crippen molar-refractivity contribution >= 4 is 166 Å². The van der Waals surface area contributed by atoms with Crippen LogP contribution in [0.25, 0.3) is 97.0 Å². The molecule has 68 heavy (non-hydrogen) atoms. The molecule has 12 aromatic carbocycles. The zero-order valence-corrected chi connectivity index (χ0v) is 42.8. The Hall–Kier alpha value is -5.65. The van der Waals surface area contributed by atoms with Crippen LogP contribution in [0.1, 0.15) is 5.56 Å². The van der Waals surface area contributed by atoms with Gasteiger partial charge in [0, 0.05) is 30.3 Å². The lowest BCUT2D eigenvalue weighted by Crippen LogP contribution is -2.29. The third-order valence-electron chi connectivity index (χ3n) is 12.3. The van der Waals surface area contributed by atoms with Crippen molar-refractivity contribution in [3.63, 3.8) is 0 Å². The molecule has 0 bridgehead atoms. The minimum Gasteiger partial charge on any atom is -0.423 e. The number of benzene rings is 12. The molecule has 0 radical (unpaired) electrons. The van der Waals surface area contributed by atoms with Gasteiger partial charge in [0.25, 0.3) is 0 Å². The standard InChI is InChI=1S/C19H15BO2.C18H10Br2.C18H12.C3H9BO3.BrH/c1-12-2-6-16-13(10-12)3-7-19-17-9-5-15(20(21)22)11-14(17)4-8-18(16)19;19-13-3-7-15-11(9-13)1-5-17-16-8-4-14(20)10-12(16)2-6-18(15)17;1-3-7-15-13(5-1)9-11-18-16-8-4-2-6-14(16)10-12-17(15)18;1-5-4(6-2)7-3;/h2-11,21-22H,1H3;1-10H;1-12H;1-3H3;1H. The quantitative estimate of drug-likeness (QED) is 0.136. The van der Waals surface area contributed by atoms with Crippen LogP contribution in [-0.2, 0) is 14.0 Å². The second-order valence-electron chi connectivity index (χ2n) is 16.4. The van der Waals surface area contributed by atoms with Crippen LogP contribution in [-0.4, -0.2) is 45.8 Å². The molecular weight excluding hydrogens is 1040 g/mol. The third-order valence-corrected chi connectivity index (χ3v) is 13.3. The van der Waals surface area contributed by atoms with Crippen LogP contribution >= 0.6 is 48.8 Å². The third kappa shape index (κ3) is 10.2. The highest BCUT2D eigenvalue weighted by atomic mass is 79.9. The molecule has 0 aromatic heterocycles. The van der Waals surface area contributed by atoms with Crippen molar-refractivity contribution < 1.29 is 24.0 Å². The van der Waals surface area contributed by atoms with E-state index in [1.807, 2.05) is 18.2 Å². The SMILES string of the molecule is Br.Brc1ccc2c(ccc3c4ccc(Br)cc4ccc23)c1.COB(OC)OC.Cc1ccc2c(ccc3c4ccc(B(O)O)cc4ccc23)c1.c1ccc2c(c1)ccc1c3ccccc3ccc21. The Morgan fingerprint density at radius 1 is 0.338 bits per heavy atom. The Morgan fingerprint density at radius 3 is 1.03 bits per heavy atom. The lowest BCUT2D eigenvalue weighted by molar-refractivity contribution is 0.163. The molecular formula is C58H47B2Br3O5. The maximum absolute atomic E-state index is 9.32. The zero-order chi connectivity index (χ0) is 46.6. The molecule has 0 aliphatic carbocycles. The lowest BCUT2D eigenvalue weighted by Gasteiger charge is -2.09. The summed E-state index contributed by atoms with van der Waals surface area (Å²) in [6.45, 7) is 2.10. The number of aryl methyl sites for hydroxylation is 1. The number of hydrogen-bond acceptors (Lipinski definition) is 5. The van der Waals surface area contributed by atoms with E-state index in [9.17, 15) is 10.0 Å². The first-order chi connectivity index (χ1) is 32.6. The van der Waals surface area contributed by atoms with Crippen molar-refractivity contribution in [3.05, 3.63) is 209 Å². The zero-order valence-electron chi connectivity index (χ0n) is 37.9. The fraction of sp³-hybridized carbons (Fsp3) is 0.0690. The van der Waals surface area contributed by atoms with Gasteiger partial charge in [-0.25, -0.2) is 0 Å². The average Bonchev–Trinajstić information content (AvgIpc) is 3.36. The predicted molar refractivity (Wildman–Crippen MR) is 304 cm³/mol. The van der Waals surface area contributed by atoms with E-state index in [1.165, 1.54) is 113 Å². The number of fused-ring (bicyclic) bond motifs is 15. The van der Waals surface area contributed by atoms with E-state index in [0.29, 0.717) is 5.46 Å². The van der Waals surface area contributed by atoms with Gasteiger partial charge in [0.2, 0.25) is 0 Å². The highest BCUT2D eigenvalue weighted by Crippen LogP contribution is 2.35. The molecule has 0 aliphatic rings. The van der Waals surface area contributed by atoms with Gasteiger partial charge in [-0.1, -0.05) is 207 Å². The normalized spacial score (nSPS) is 11.0. The van der Waals surface area contributed by atoms with E-state index in [2.05, 4.69) is 223 Å². The molecule has 12 aromatic rings. The second-order valence-corrected chi connectivity index (χ2v) is 18.3. The Bertz CT molecular complexity index is 3610. The number of halogens is 3. The van der Waals surface area contributed by atoms with Gasteiger partial charge in [0.05, 0.1) is 0 Å². The van der Waals surface area contributed by atoms with E-state index in [4.69, 9.17) is 0 Å². The Balaban J connectivity index is 0.000000128. The van der Waals surface area contributed by atoms with Crippen LogP contribution in [0.3, 0.4) is 0 Å². The van der Waals surface area contributed by atoms with Gasteiger partial charge in [0.15, 0.2) is 0 Å². The number of rotatable bonds is 4. The van der Waals surface area contributed by atoms with Crippen molar-refractivity contribution in [2.45, 2.75) is 6.92 Å². The van der Waals surface area contributed by atoms with Crippen molar-refractivity contribution in [3.8, 4) is 0 Å². The molecule has 336 valence electrons. The van der Waals surface area contributed by atoms with E-state index >= 15 is 0 Å². The van der Waals surface area contributed by atoms with Crippen LogP contribution in [0, 0.1) is 6.92 Å². The van der Waals surface area contributed by atoms with Gasteiger partial charge in [-0.05, 0) is 134 Å². The van der Waals surface area contributed by atoms with E-state index in [1.54, 1.807) is 6.07 Å². The first-order valence-electron chi connectivity index (χ1n) is 21.9. The van der Waals surface area contributed by atoms with Crippen molar-refractivity contribution in [2.75, 3.05) is 21.3 Å². The molecule has 0 unspecified atom stereocenters. The summed E-state index contributed by atoms with van der Waals surface area (Å²) in [5, 5.41) is 41.4. The Morgan fingerprint density at radius 2 is 0.647 bits per heavy atom. The Kier molecular flexibility index (Phi) is 15.6. The minimum atomic E-state index is -1.43. The summed E-state index contributed by atoms with van der Waals surface area (Å²) >= 11 is 7.08. The average molecular weight is 1090 g/mol. The predicted octanol–water partition coefficient (Wildman–Crippen LogP) is 15.4. The van der Waals surface area contributed by atoms with Gasteiger partial charge >= 0.3 is 14.4 Å². The molecule has 0 fully saturated rings. The minimum absolute atomic E-state index is 0. The van der Waals surface area contributed by atoms with Gasteiger partial charge in [-0.3, -0.25) is 0 Å².